The van der Waals surface area contributed by atoms with E-state index in [1.165, 1.54) is 0 Å². The summed E-state index contributed by atoms with van der Waals surface area (Å²) in [6.07, 6.45) is 5.63. The predicted molar refractivity (Wildman–Crippen MR) is 94.9 cm³/mol. The Morgan fingerprint density at radius 2 is 2.12 bits per heavy atom. The number of aliphatic hydroxyl groups excluding tert-OH is 1. The van der Waals surface area contributed by atoms with Gasteiger partial charge < -0.3 is 20.5 Å². The van der Waals surface area contributed by atoms with Crippen molar-refractivity contribution in [3.63, 3.8) is 0 Å². The molecule has 2 amide bonds. The maximum atomic E-state index is 12.0. The van der Waals surface area contributed by atoms with E-state index in [1.807, 2.05) is 36.4 Å². The Hall–Kier alpha value is -2.01. The SMILES string of the molecule is CC(C)CCOc1ccccc1CNC(=O)N[C@@H]1C=C[C@H](CO)C1. The average molecular weight is 332 g/mol. The minimum Gasteiger partial charge on any atom is -0.493 e. The molecule has 2 rings (SSSR count). The lowest BCUT2D eigenvalue weighted by Gasteiger charge is -2.15. The summed E-state index contributed by atoms with van der Waals surface area (Å²) in [5, 5.41) is 14.9. The number of hydrogen-bond donors (Lipinski definition) is 3. The molecule has 0 saturated carbocycles. The second-order valence-electron chi connectivity index (χ2n) is 6.64. The first-order valence-electron chi connectivity index (χ1n) is 8.62. The first-order chi connectivity index (χ1) is 11.6. The number of amides is 2. The standard InChI is InChI=1S/C19H28N2O3/c1-14(2)9-10-24-18-6-4-3-5-16(18)12-20-19(23)21-17-8-7-15(11-17)13-22/h3-8,14-15,17,22H,9-13H2,1-2H3,(H2,20,21,23)/t15-,17+/m0/s1. The molecule has 5 heteroatoms. The lowest BCUT2D eigenvalue weighted by Crippen LogP contribution is -2.40. The van der Waals surface area contributed by atoms with Crippen molar-refractivity contribution in [3.05, 3.63) is 42.0 Å². The van der Waals surface area contributed by atoms with Crippen LogP contribution in [0.3, 0.4) is 0 Å². The summed E-state index contributed by atoms with van der Waals surface area (Å²) in [4.78, 5) is 12.0. The van der Waals surface area contributed by atoms with Crippen molar-refractivity contribution in [2.75, 3.05) is 13.2 Å². The molecule has 0 aromatic heterocycles. The summed E-state index contributed by atoms with van der Waals surface area (Å²) < 4.78 is 5.83. The molecule has 24 heavy (non-hydrogen) atoms. The molecule has 3 N–H and O–H groups in total. The molecule has 0 heterocycles. The van der Waals surface area contributed by atoms with E-state index in [1.54, 1.807) is 0 Å². The fraction of sp³-hybridized carbons (Fsp3) is 0.526. The monoisotopic (exact) mass is 332 g/mol. The Morgan fingerprint density at radius 3 is 2.83 bits per heavy atom. The zero-order chi connectivity index (χ0) is 17.4. The van der Waals surface area contributed by atoms with Crippen molar-refractivity contribution < 1.29 is 14.6 Å². The van der Waals surface area contributed by atoms with E-state index in [0.717, 1.165) is 24.2 Å². The fourth-order valence-corrected chi connectivity index (χ4v) is 2.61. The van der Waals surface area contributed by atoms with Crippen LogP contribution in [0.1, 0.15) is 32.3 Å². The fourth-order valence-electron chi connectivity index (χ4n) is 2.61. The first kappa shape index (κ1) is 18.3. The molecule has 1 aliphatic carbocycles. The molecule has 2 atom stereocenters. The molecule has 0 radical (unpaired) electrons. The van der Waals surface area contributed by atoms with E-state index in [9.17, 15) is 4.79 Å². The minimum absolute atomic E-state index is 0.0142. The third-order valence-electron chi connectivity index (χ3n) is 4.09. The van der Waals surface area contributed by atoms with Crippen LogP contribution in [0.5, 0.6) is 5.75 Å². The third-order valence-corrected chi connectivity index (χ3v) is 4.09. The Labute approximate surface area is 144 Å². The first-order valence-corrected chi connectivity index (χ1v) is 8.62. The molecule has 0 spiro atoms. The Kier molecular flexibility index (Phi) is 7.12. The molecule has 1 aromatic rings. The molecule has 0 bridgehead atoms. The molecule has 0 saturated heterocycles. The van der Waals surface area contributed by atoms with E-state index in [2.05, 4.69) is 24.5 Å². The molecule has 1 aromatic carbocycles. The van der Waals surface area contributed by atoms with Gasteiger partial charge in [0.15, 0.2) is 0 Å². The number of nitrogens with one attached hydrogen (secondary N) is 2. The molecule has 132 valence electrons. The number of para-hydroxylation sites is 1. The van der Waals surface area contributed by atoms with Crippen molar-refractivity contribution >= 4 is 6.03 Å². The van der Waals surface area contributed by atoms with Gasteiger partial charge in [0.2, 0.25) is 0 Å². The van der Waals surface area contributed by atoms with Gasteiger partial charge in [0, 0.05) is 30.7 Å². The number of rotatable bonds is 8. The van der Waals surface area contributed by atoms with E-state index in [0.29, 0.717) is 19.1 Å². The van der Waals surface area contributed by atoms with Crippen LogP contribution in [0.2, 0.25) is 0 Å². The van der Waals surface area contributed by atoms with Gasteiger partial charge in [-0.1, -0.05) is 44.2 Å². The van der Waals surface area contributed by atoms with Crippen LogP contribution in [0.15, 0.2) is 36.4 Å². The highest BCUT2D eigenvalue weighted by atomic mass is 16.5. The maximum Gasteiger partial charge on any atom is 0.315 e. The van der Waals surface area contributed by atoms with Crippen LogP contribution in [0, 0.1) is 11.8 Å². The van der Waals surface area contributed by atoms with E-state index in [-0.39, 0.29) is 24.6 Å². The summed E-state index contributed by atoms with van der Waals surface area (Å²) in [5.41, 5.74) is 0.964. The molecular formula is C19H28N2O3. The molecule has 5 nitrogen and oxygen atoms in total. The number of ether oxygens (including phenoxy) is 1. The second-order valence-corrected chi connectivity index (χ2v) is 6.64. The molecule has 0 unspecified atom stereocenters. The van der Waals surface area contributed by atoms with Crippen LogP contribution in [0.4, 0.5) is 4.79 Å². The van der Waals surface area contributed by atoms with E-state index >= 15 is 0 Å². The van der Waals surface area contributed by atoms with Gasteiger partial charge in [0.1, 0.15) is 5.75 Å². The van der Waals surface area contributed by atoms with Crippen LogP contribution in [0.25, 0.3) is 0 Å². The summed E-state index contributed by atoms with van der Waals surface area (Å²) in [6.45, 7) is 5.55. The highest BCUT2D eigenvalue weighted by molar-refractivity contribution is 5.74. The lowest BCUT2D eigenvalue weighted by atomic mass is 10.1. The van der Waals surface area contributed by atoms with Crippen LogP contribution >= 0.6 is 0 Å². The van der Waals surface area contributed by atoms with Gasteiger partial charge in [0.05, 0.1) is 6.61 Å². The van der Waals surface area contributed by atoms with Gasteiger partial charge in [0.25, 0.3) is 0 Å². The van der Waals surface area contributed by atoms with Crippen molar-refractivity contribution in [2.24, 2.45) is 11.8 Å². The van der Waals surface area contributed by atoms with Gasteiger partial charge >= 0.3 is 6.03 Å². The number of urea groups is 1. The summed E-state index contributed by atoms with van der Waals surface area (Å²) in [5.74, 6) is 1.56. The van der Waals surface area contributed by atoms with Gasteiger partial charge in [-0.2, -0.15) is 0 Å². The largest absolute Gasteiger partial charge is 0.493 e. The van der Waals surface area contributed by atoms with Gasteiger partial charge in [-0.25, -0.2) is 4.79 Å². The van der Waals surface area contributed by atoms with Crippen molar-refractivity contribution in [1.29, 1.82) is 0 Å². The second kappa shape index (κ2) is 9.33. The van der Waals surface area contributed by atoms with Crippen LogP contribution < -0.4 is 15.4 Å². The van der Waals surface area contributed by atoms with Crippen molar-refractivity contribution in [3.8, 4) is 5.75 Å². The maximum absolute atomic E-state index is 12.0. The van der Waals surface area contributed by atoms with Gasteiger partial charge in [-0.15, -0.1) is 0 Å². The van der Waals surface area contributed by atoms with Gasteiger partial charge in [-0.05, 0) is 24.8 Å². The Bertz CT molecular complexity index is 557. The zero-order valence-corrected chi connectivity index (χ0v) is 14.5. The zero-order valence-electron chi connectivity index (χ0n) is 14.5. The number of benzene rings is 1. The van der Waals surface area contributed by atoms with Gasteiger partial charge in [-0.3, -0.25) is 0 Å². The summed E-state index contributed by atoms with van der Waals surface area (Å²) in [6, 6.07) is 7.55. The molecular weight excluding hydrogens is 304 g/mol. The van der Waals surface area contributed by atoms with E-state index < -0.39 is 0 Å². The number of carbonyl (C=O) groups excluding carboxylic acids is 1. The highest BCUT2D eigenvalue weighted by Crippen LogP contribution is 2.19. The highest BCUT2D eigenvalue weighted by Gasteiger charge is 2.19. The quantitative estimate of drug-likeness (QED) is 0.641. The minimum atomic E-state index is -0.208. The molecule has 0 fully saturated rings. The van der Waals surface area contributed by atoms with Crippen molar-refractivity contribution in [1.82, 2.24) is 10.6 Å². The number of carbonyl (C=O) groups is 1. The molecule has 1 aliphatic rings. The summed E-state index contributed by atoms with van der Waals surface area (Å²) in [7, 11) is 0. The molecule has 0 aliphatic heterocycles. The van der Waals surface area contributed by atoms with E-state index in [4.69, 9.17) is 9.84 Å². The smallest absolute Gasteiger partial charge is 0.315 e. The summed E-state index contributed by atoms with van der Waals surface area (Å²) >= 11 is 0. The topological polar surface area (TPSA) is 70.6 Å². The third kappa shape index (κ3) is 5.89. The number of hydrogen-bond acceptors (Lipinski definition) is 3. The predicted octanol–water partition coefficient (Wildman–Crippen LogP) is 2.85. The average Bonchev–Trinajstić information content (AvgIpc) is 3.01. The normalized spacial score (nSPS) is 19.5. The van der Waals surface area contributed by atoms with Crippen LogP contribution in [-0.2, 0) is 6.54 Å². The Balaban J connectivity index is 1.79. The lowest BCUT2D eigenvalue weighted by molar-refractivity contribution is 0.231. The van der Waals surface area contributed by atoms with Crippen LogP contribution in [-0.4, -0.2) is 30.4 Å². The van der Waals surface area contributed by atoms with Crippen molar-refractivity contribution in [2.45, 2.75) is 39.3 Å². The Morgan fingerprint density at radius 1 is 1.33 bits per heavy atom. The number of aliphatic hydroxyl groups is 1.